The zero-order valence-electron chi connectivity index (χ0n) is 13.9. The minimum atomic E-state index is 0.175. The highest BCUT2D eigenvalue weighted by molar-refractivity contribution is 7.73. The van der Waals surface area contributed by atoms with Gasteiger partial charge in [0.25, 0.3) is 0 Å². The standard InChI is InChI=1S/C20H16N2OS2/c1-12-7-3-6-10-17(12)22-19(23)18(25-20(22)24)11-15-13(2)21-16-9-5-4-8-14(15)16/h3-11,23H,1-2H3/b15-11+. The number of hydrogen-bond donors (Lipinski definition) is 1. The maximum Gasteiger partial charge on any atom is 0.215 e. The first kappa shape index (κ1) is 16.0. The van der Waals surface area contributed by atoms with Crippen LogP contribution in [-0.4, -0.2) is 15.4 Å². The lowest BCUT2D eigenvalue weighted by molar-refractivity contribution is 0.441. The molecule has 2 aromatic carbocycles. The van der Waals surface area contributed by atoms with Crippen molar-refractivity contribution in [1.82, 2.24) is 4.57 Å². The Hall–Kier alpha value is -2.50. The minimum absolute atomic E-state index is 0.175. The Morgan fingerprint density at radius 1 is 1.08 bits per heavy atom. The largest absolute Gasteiger partial charge is 0.493 e. The van der Waals surface area contributed by atoms with Crippen LogP contribution in [0.3, 0.4) is 0 Å². The lowest BCUT2D eigenvalue weighted by atomic mass is 10.0. The van der Waals surface area contributed by atoms with Gasteiger partial charge in [-0.25, -0.2) is 0 Å². The minimum Gasteiger partial charge on any atom is -0.493 e. The number of aliphatic imine (C=N–C) groups is 1. The van der Waals surface area contributed by atoms with Crippen LogP contribution in [0.2, 0.25) is 0 Å². The van der Waals surface area contributed by atoms with Crippen molar-refractivity contribution in [3.05, 3.63) is 68.5 Å². The molecule has 1 aliphatic heterocycles. The van der Waals surface area contributed by atoms with Crippen molar-refractivity contribution in [3.8, 4) is 11.6 Å². The Balaban J connectivity index is 1.87. The molecule has 4 rings (SSSR count). The van der Waals surface area contributed by atoms with Crippen molar-refractivity contribution in [3.63, 3.8) is 0 Å². The van der Waals surface area contributed by atoms with E-state index in [1.165, 1.54) is 11.3 Å². The number of aromatic hydroxyl groups is 1. The Morgan fingerprint density at radius 2 is 1.80 bits per heavy atom. The molecule has 2 heterocycles. The van der Waals surface area contributed by atoms with Crippen molar-refractivity contribution in [2.24, 2.45) is 4.99 Å². The zero-order valence-corrected chi connectivity index (χ0v) is 15.5. The maximum atomic E-state index is 10.8. The molecule has 0 fully saturated rings. The van der Waals surface area contributed by atoms with Crippen LogP contribution < -0.4 is 0 Å². The van der Waals surface area contributed by atoms with Crippen LogP contribution in [0.25, 0.3) is 17.3 Å². The molecule has 0 bridgehead atoms. The molecule has 1 N–H and O–H groups in total. The third-order valence-corrected chi connectivity index (χ3v) is 5.63. The molecule has 1 aromatic heterocycles. The number of allylic oxidation sites excluding steroid dienone is 1. The summed E-state index contributed by atoms with van der Waals surface area (Å²) in [6.07, 6.45) is 1.98. The first-order chi connectivity index (χ1) is 12.1. The van der Waals surface area contributed by atoms with Gasteiger partial charge in [0.15, 0.2) is 3.95 Å². The fraction of sp³-hybridized carbons (Fsp3) is 0.100. The third kappa shape index (κ3) is 2.65. The number of thiazole rings is 1. The van der Waals surface area contributed by atoms with Gasteiger partial charge in [-0.1, -0.05) is 36.4 Å². The first-order valence-electron chi connectivity index (χ1n) is 7.94. The molecule has 124 valence electrons. The molecular weight excluding hydrogens is 348 g/mol. The normalized spacial score (nSPS) is 14.6. The van der Waals surface area contributed by atoms with Crippen LogP contribution in [0.1, 0.15) is 22.9 Å². The van der Waals surface area contributed by atoms with Gasteiger partial charge >= 0.3 is 0 Å². The van der Waals surface area contributed by atoms with Gasteiger partial charge in [-0.3, -0.25) is 9.56 Å². The summed E-state index contributed by atoms with van der Waals surface area (Å²) in [4.78, 5) is 5.34. The number of hydrogen-bond acceptors (Lipinski definition) is 4. The van der Waals surface area contributed by atoms with Gasteiger partial charge in [0.1, 0.15) is 0 Å². The van der Waals surface area contributed by atoms with E-state index < -0.39 is 0 Å². The van der Waals surface area contributed by atoms with Crippen molar-refractivity contribution < 1.29 is 5.11 Å². The molecule has 0 aliphatic carbocycles. The summed E-state index contributed by atoms with van der Waals surface area (Å²) >= 11 is 6.92. The van der Waals surface area contributed by atoms with E-state index >= 15 is 0 Å². The van der Waals surface area contributed by atoms with E-state index in [0.717, 1.165) is 38.7 Å². The van der Waals surface area contributed by atoms with Gasteiger partial charge in [0, 0.05) is 16.8 Å². The smallest absolute Gasteiger partial charge is 0.215 e. The molecule has 0 unspecified atom stereocenters. The molecule has 1 aliphatic rings. The highest BCUT2D eigenvalue weighted by atomic mass is 32.1. The summed E-state index contributed by atoms with van der Waals surface area (Å²) in [6, 6.07) is 15.9. The summed E-state index contributed by atoms with van der Waals surface area (Å²) in [5, 5.41) is 10.8. The monoisotopic (exact) mass is 364 g/mol. The van der Waals surface area contributed by atoms with Gasteiger partial charge in [0.2, 0.25) is 5.88 Å². The van der Waals surface area contributed by atoms with Crippen LogP contribution in [0.4, 0.5) is 5.69 Å². The molecule has 3 aromatic rings. The number of aromatic nitrogens is 1. The number of para-hydroxylation sites is 2. The van der Waals surface area contributed by atoms with Gasteiger partial charge < -0.3 is 5.11 Å². The van der Waals surface area contributed by atoms with E-state index in [4.69, 9.17) is 12.2 Å². The summed E-state index contributed by atoms with van der Waals surface area (Å²) in [7, 11) is 0. The highest BCUT2D eigenvalue weighted by Gasteiger charge is 2.19. The van der Waals surface area contributed by atoms with Crippen LogP contribution in [-0.2, 0) is 0 Å². The van der Waals surface area contributed by atoms with Gasteiger partial charge in [-0.15, -0.1) is 11.3 Å². The fourth-order valence-corrected chi connectivity index (χ4v) is 4.33. The van der Waals surface area contributed by atoms with Crippen LogP contribution in [0.5, 0.6) is 5.88 Å². The summed E-state index contributed by atoms with van der Waals surface area (Å²) < 4.78 is 2.36. The molecule has 5 heteroatoms. The van der Waals surface area contributed by atoms with Crippen LogP contribution in [0, 0.1) is 10.9 Å². The van der Waals surface area contributed by atoms with Crippen LogP contribution in [0.15, 0.2) is 53.5 Å². The predicted octanol–water partition coefficient (Wildman–Crippen LogP) is 5.93. The number of aryl methyl sites for hydroxylation is 1. The molecule has 25 heavy (non-hydrogen) atoms. The SMILES string of the molecule is CC1=Nc2ccccc2/C1=C/c1sc(=S)n(-c2ccccc2C)c1O. The number of benzene rings is 2. The predicted molar refractivity (Wildman–Crippen MR) is 108 cm³/mol. The van der Waals surface area contributed by atoms with Gasteiger partial charge in [0.05, 0.1) is 16.3 Å². The maximum absolute atomic E-state index is 10.8. The van der Waals surface area contributed by atoms with Crippen LogP contribution >= 0.6 is 23.6 Å². The van der Waals surface area contributed by atoms with Crippen molar-refractivity contribution in [2.45, 2.75) is 13.8 Å². The average Bonchev–Trinajstić information content (AvgIpc) is 3.06. The Kier molecular flexibility index (Phi) is 3.90. The Labute approximate surface area is 155 Å². The topological polar surface area (TPSA) is 37.5 Å². The van der Waals surface area contributed by atoms with E-state index in [0.29, 0.717) is 3.95 Å². The zero-order chi connectivity index (χ0) is 17.6. The number of fused-ring (bicyclic) bond motifs is 1. The van der Waals surface area contributed by atoms with E-state index in [1.807, 2.05) is 62.4 Å². The van der Waals surface area contributed by atoms with Gasteiger partial charge in [-0.05, 0) is 49.8 Å². The summed E-state index contributed by atoms with van der Waals surface area (Å²) in [5.41, 5.74) is 5.99. The first-order valence-corrected chi connectivity index (χ1v) is 9.16. The second kappa shape index (κ2) is 6.10. The molecular formula is C20H16N2OS2. The lowest BCUT2D eigenvalue weighted by Crippen LogP contribution is -1.96. The molecule has 0 atom stereocenters. The third-order valence-electron chi connectivity index (χ3n) is 4.32. The second-order valence-electron chi connectivity index (χ2n) is 5.95. The number of nitrogens with zero attached hydrogens (tertiary/aromatic N) is 2. The average molecular weight is 364 g/mol. The summed E-state index contributed by atoms with van der Waals surface area (Å²) in [5.74, 6) is 0.175. The van der Waals surface area contributed by atoms with Crippen molar-refractivity contribution in [1.29, 1.82) is 0 Å². The van der Waals surface area contributed by atoms with E-state index in [1.54, 1.807) is 4.57 Å². The number of rotatable bonds is 2. The lowest BCUT2D eigenvalue weighted by Gasteiger charge is -2.08. The molecule has 0 saturated carbocycles. The molecule has 3 nitrogen and oxygen atoms in total. The van der Waals surface area contributed by atoms with E-state index in [2.05, 4.69) is 11.1 Å². The quantitative estimate of drug-likeness (QED) is 0.572. The molecule has 0 radical (unpaired) electrons. The molecule has 0 amide bonds. The van der Waals surface area contributed by atoms with E-state index in [-0.39, 0.29) is 5.88 Å². The Morgan fingerprint density at radius 3 is 2.60 bits per heavy atom. The summed E-state index contributed by atoms with van der Waals surface area (Å²) in [6.45, 7) is 4.00. The second-order valence-corrected chi connectivity index (χ2v) is 7.63. The van der Waals surface area contributed by atoms with Crippen molar-refractivity contribution in [2.75, 3.05) is 0 Å². The van der Waals surface area contributed by atoms with E-state index in [9.17, 15) is 5.11 Å². The Bertz CT molecular complexity index is 1100. The highest BCUT2D eigenvalue weighted by Crippen LogP contribution is 2.39. The van der Waals surface area contributed by atoms with Crippen molar-refractivity contribution >= 4 is 46.6 Å². The van der Waals surface area contributed by atoms with Gasteiger partial charge in [-0.2, -0.15) is 0 Å². The molecule has 0 spiro atoms. The fourth-order valence-electron chi connectivity index (χ4n) is 3.05. The molecule has 0 saturated heterocycles.